The fourth-order valence-corrected chi connectivity index (χ4v) is 5.32. The van der Waals surface area contributed by atoms with Crippen LogP contribution in [-0.2, 0) is 0 Å². The molecule has 0 saturated heterocycles. The Hall–Kier alpha value is -0.0400. The Morgan fingerprint density at radius 3 is 2.53 bits per heavy atom. The lowest BCUT2D eigenvalue weighted by Crippen LogP contribution is -2.46. The lowest BCUT2D eigenvalue weighted by atomic mass is 9.78. The van der Waals surface area contributed by atoms with E-state index in [9.17, 15) is 0 Å². The standard InChI is InChI=1S/C16H29N/c1-4-15(10(2)3)17-16-9-11-8-14(16)13-7-5-6-12(11)13/h10-17H,4-9H2,1-3H3. The van der Waals surface area contributed by atoms with E-state index in [2.05, 4.69) is 26.1 Å². The van der Waals surface area contributed by atoms with Gasteiger partial charge in [0.25, 0.3) is 0 Å². The summed E-state index contributed by atoms with van der Waals surface area (Å²) >= 11 is 0. The molecule has 3 saturated carbocycles. The first-order valence-electron chi connectivity index (χ1n) is 7.96. The minimum absolute atomic E-state index is 0.749. The molecule has 3 aliphatic carbocycles. The molecule has 0 aromatic heterocycles. The molecule has 0 heterocycles. The summed E-state index contributed by atoms with van der Waals surface area (Å²) in [6, 6.07) is 1.62. The minimum Gasteiger partial charge on any atom is -0.311 e. The highest BCUT2D eigenvalue weighted by molar-refractivity contribution is 5.06. The molecular formula is C16H29N. The number of fused-ring (bicyclic) bond motifs is 5. The smallest absolute Gasteiger partial charge is 0.0104 e. The summed E-state index contributed by atoms with van der Waals surface area (Å²) in [5, 5.41) is 4.01. The van der Waals surface area contributed by atoms with Gasteiger partial charge in [0.05, 0.1) is 0 Å². The lowest BCUT2D eigenvalue weighted by molar-refractivity contribution is 0.186. The van der Waals surface area contributed by atoms with Crippen molar-refractivity contribution in [1.82, 2.24) is 5.32 Å². The second-order valence-corrected chi connectivity index (χ2v) is 7.19. The fraction of sp³-hybridized carbons (Fsp3) is 1.00. The van der Waals surface area contributed by atoms with E-state index in [0.29, 0.717) is 0 Å². The van der Waals surface area contributed by atoms with Gasteiger partial charge in [-0.2, -0.15) is 0 Å². The Kier molecular flexibility index (Phi) is 3.23. The van der Waals surface area contributed by atoms with Crippen LogP contribution in [0.2, 0.25) is 0 Å². The van der Waals surface area contributed by atoms with Crippen molar-refractivity contribution < 1.29 is 0 Å². The number of rotatable bonds is 4. The van der Waals surface area contributed by atoms with Crippen molar-refractivity contribution in [3.05, 3.63) is 0 Å². The molecule has 6 atom stereocenters. The Labute approximate surface area is 107 Å². The Bertz CT molecular complexity index is 273. The van der Waals surface area contributed by atoms with Crippen molar-refractivity contribution in [2.24, 2.45) is 29.6 Å². The predicted octanol–water partition coefficient (Wildman–Crippen LogP) is 3.84. The molecule has 98 valence electrons. The molecule has 3 aliphatic rings. The topological polar surface area (TPSA) is 12.0 Å². The van der Waals surface area contributed by atoms with Gasteiger partial charge in [0.15, 0.2) is 0 Å². The van der Waals surface area contributed by atoms with E-state index in [1.807, 2.05) is 0 Å². The maximum Gasteiger partial charge on any atom is 0.0104 e. The van der Waals surface area contributed by atoms with E-state index < -0.39 is 0 Å². The summed E-state index contributed by atoms with van der Waals surface area (Å²) in [7, 11) is 0. The van der Waals surface area contributed by atoms with E-state index in [1.165, 1.54) is 19.3 Å². The average molecular weight is 235 g/mol. The summed E-state index contributed by atoms with van der Waals surface area (Å²) in [6.45, 7) is 7.07. The van der Waals surface area contributed by atoms with Gasteiger partial charge in [0.1, 0.15) is 0 Å². The first-order chi connectivity index (χ1) is 8.20. The van der Waals surface area contributed by atoms with E-state index in [1.54, 1.807) is 19.3 Å². The SMILES string of the molecule is CCC(NC1CC2CC1C1CCCC21)C(C)C. The van der Waals surface area contributed by atoms with Gasteiger partial charge in [-0.1, -0.05) is 27.2 Å². The molecule has 1 N–H and O–H groups in total. The van der Waals surface area contributed by atoms with Crippen molar-refractivity contribution in [1.29, 1.82) is 0 Å². The molecule has 3 fully saturated rings. The van der Waals surface area contributed by atoms with Crippen LogP contribution in [0.25, 0.3) is 0 Å². The van der Waals surface area contributed by atoms with Crippen LogP contribution < -0.4 is 5.32 Å². The Morgan fingerprint density at radius 2 is 1.82 bits per heavy atom. The van der Waals surface area contributed by atoms with Crippen LogP contribution in [0.15, 0.2) is 0 Å². The number of nitrogens with one attached hydrogen (secondary N) is 1. The van der Waals surface area contributed by atoms with Gasteiger partial charge in [-0.25, -0.2) is 0 Å². The quantitative estimate of drug-likeness (QED) is 0.781. The van der Waals surface area contributed by atoms with E-state index >= 15 is 0 Å². The van der Waals surface area contributed by atoms with Gasteiger partial charge in [0.2, 0.25) is 0 Å². The van der Waals surface area contributed by atoms with Crippen molar-refractivity contribution in [3.8, 4) is 0 Å². The second kappa shape index (κ2) is 4.57. The van der Waals surface area contributed by atoms with Gasteiger partial charge in [-0.3, -0.25) is 0 Å². The van der Waals surface area contributed by atoms with Crippen LogP contribution in [0.5, 0.6) is 0 Å². The van der Waals surface area contributed by atoms with Crippen molar-refractivity contribution >= 4 is 0 Å². The van der Waals surface area contributed by atoms with Gasteiger partial charge in [0, 0.05) is 12.1 Å². The van der Waals surface area contributed by atoms with Crippen LogP contribution >= 0.6 is 0 Å². The average Bonchev–Trinajstić information content (AvgIpc) is 2.96. The lowest BCUT2D eigenvalue weighted by Gasteiger charge is -2.35. The third-order valence-corrected chi connectivity index (χ3v) is 6.10. The normalized spacial score (nSPS) is 45.5. The Balaban J connectivity index is 1.63. The highest BCUT2D eigenvalue weighted by atomic mass is 15.0. The molecule has 0 spiro atoms. The van der Waals surface area contributed by atoms with Crippen LogP contribution in [0.3, 0.4) is 0 Å². The summed E-state index contributed by atoms with van der Waals surface area (Å²) in [6.07, 6.45) is 8.97. The monoisotopic (exact) mass is 235 g/mol. The molecule has 2 bridgehead atoms. The van der Waals surface area contributed by atoms with Crippen LogP contribution in [0.4, 0.5) is 0 Å². The summed E-state index contributed by atoms with van der Waals surface area (Å²) in [5.41, 5.74) is 0. The molecule has 0 aromatic carbocycles. The summed E-state index contributed by atoms with van der Waals surface area (Å²) in [5.74, 6) is 5.17. The number of hydrogen-bond acceptors (Lipinski definition) is 1. The molecule has 1 nitrogen and oxygen atoms in total. The highest BCUT2D eigenvalue weighted by Gasteiger charge is 2.53. The van der Waals surface area contributed by atoms with Gasteiger partial charge in [-0.05, 0) is 61.7 Å². The van der Waals surface area contributed by atoms with Gasteiger partial charge < -0.3 is 5.32 Å². The molecule has 0 aromatic rings. The zero-order chi connectivity index (χ0) is 12.0. The molecule has 3 rings (SSSR count). The summed E-state index contributed by atoms with van der Waals surface area (Å²) in [4.78, 5) is 0. The molecule has 17 heavy (non-hydrogen) atoms. The molecule has 6 unspecified atom stereocenters. The molecule has 0 aliphatic heterocycles. The largest absolute Gasteiger partial charge is 0.311 e. The van der Waals surface area contributed by atoms with Gasteiger partial charge >= 0.3 is 0 Å². The third kappa shape index (κ3) is 1.95. The predicted molar refractivity (Wildman–Crippen MR) is 72.9 cm³/mol. The van der Waals surface area contributed by atoms with Gasteiger partial charge in [-0.15, -0.1) is 0 Å². The van der Waals surface area contributed by atoms with Crippen LogP contribution in [0.1, 0.15) is 59.3 Å². The van der Waals surface area contributed by atoms with Crippen LogP contribution in [0, 0.1) is 29.6 Å². The first kappa shape index (κ1) is 12.0. The fourth-order valence-electron chi connectivity index (χ4n) is 5.32. The summed E-state index contributed by atoms with van der Waals surface area (Å²) < 4.78 is 0. The van der Waals surface area contributed by atoms with E-state index in [0.717, 1.165) is 41.7 Å². The van der Waals surface area contributed by atoms with Crippen molar-refractivity contribution in [2.45, 2.75) is 71.4 Å². The third-order valence-electron chi connectivity index (χ3n) is 6.10. The van der Waals surface area contributed by atoms with E-state index in [-0.39, 0.29) is 0 Å². The zero-order valence-electron chi connectivity index (χ0n) is 11.8. The molecule has 1 heteroatoms. The van der Waals surface area contributed by atoms with E-state index in [4.69, 9.17) is 0 Å². The maximum absolute atomic E-state index is 4.01. The minimum atomic E-state index is 0.749. The highest BCUT2D eigenvalue weighted by Crippen LogP contribution is 2.58. The van der Waals surface area contributed by atoms with Crippen LogP contribution in [-0.4, -0.2) is 12.1 Å². The zero-order valence-corrected chi connectivity index (χ0v) is 11.8. The number of hydrogen-bond donors (Lipinski definition) is 1. The first-order valence-corrected chi connectivity index (χ1v) is 7.96. The Morgan fingerprint density at radius 1 is 1.06 bits per heavy atom. The van der Waals surface area contributed by atoms with Crippen molar-refractivity contribution in [2.75, 3.05) is 0 Å². The molecular weight excluding hydrogens is 206 g/mol. The molecule has 0 amide bonds. The molecule has 0 radical (unpaired) electrons. The van der Waals surface area contributed by atoms with Crippen molar-refractivity contribution in [3.63, 3.8) is 0 Å². The maximum atomic E-state index is 4.01. The second-order valence-electron chi connectivity index (χ2n) is 7.19.